The molecule has 1 amide bonds. The molecular formula is C14H20N2O2S. The van der Waals surface area contributed by atoms with Crippen LogP contribution in [0.25, 0.3) is 0 Å². The van der Waals surface area contributed by atoms with Crippen LogP contribution in [0.3, 0.4) is 0 Å². The van der Waals surface area contributed by atoms with E-state index in [4.69, 9.17) is 4.74 Å². The van der Waals surface area contributed by atoms with Crippen molar-refractivity contribution in [3.8, 4) is 0 Å². The van der Waals surface area contributed by atoms with Crippen molar-refractivity contribution >= 4 is 17.2 Å². The molecule has 2 unspecified atom stereocenters. The van der Waals surface area contributed by atoms with Gasteiger partial charge in [-0.15, -0.1) is 11.3 Å². The zero-order chi connectivity index (χ0) is 13.1. The lowest BCUT2D eigenvalue weighted by Gasteiger charge is -2.25. The summed E-state index contributed by atoms with van der Waals surface area (Å²) < 4.78 is 5.69. The average Bonchev–Trinajstić information content (AvgIpc) is 3.07. The summed E-state index contributed by atoms with van der Waals surface area (Å²) >= 11 is 1.77. The van der Waals surface area contributed by atoms with E-state index in [-0.39, 0.29) is 12.0 Å². The number of amides is 1. The number of aryl methyl sites for hydroxylation is 1. The number of morpholine rings is 1. The second-order valence-corrected chi connectivity index (χ2v) is 6.23. The zero-order valence-corrected chi connectivity index (χ0v) is 11.8. The first kappa shape index (κ1) is 13.1. The Kier molecular flexibility index (Phi) is 4.15. The molecule has 0 saturated carbocycles. The molecule has 0 spiro atoms. The third-order valence-electron chi connectivity index (χ3n) is 3.85. The summed E-state index contributed by atoms with van der Waals surface area (Å²) in [4.78, 5) is 15.5. The SMILES string of the molecule is O=C(CCCc1cccs1)N1CC2NCCOC2C1. The van der Waals surface area contributed by atoms with Gasteiger partial charge < -0.3 is 15.0 Å². The topological polar surface area (TPSA) is 41.6 Å². The van der Waals surface area contributed by atoms with E-state index >= 15 is 0 Å². The van der Waals surface area contributed by atoms with Crippen molar-refractivity contribution in [3.63, 3.8) is 0 Å². The van der Waals surface area contributed by atoms with Gasteiger partial charge in [0, 0.05) is 30.9 Å². The second kappa shape index (κ2) is 6.03. The minimum Gasteiger partial charge on any atom is -0.373 e. The van der Waals surface area contributed by atoms with Gasteiger partial charge in [0.15, 0.2) is 0 Å². The second-order valence-electron chi connectivity index (χ2n) is 5.20. The number of thiophene rings is 1. The maximum atomic E-state index is 12.2. The van der Waals surface area contributed by atoms with Gasteiger partial charge in [-0.1, -0.05) is 6.07 Å². The van der Waals surface area contributed by atoms with E-state index in [1.165, 1.54) is 4.88 Å². The van der Waals surface area contributed by atoms with Crippen molar-refractivity contribution in [1.29, 1.82) is 0 Å². The molecule has 104 valence electrons. The summed E-state index contributed by atoms with van der Waals surface area (Å²) in [6, 6.07) is 4.54. The first-order chi connectivity index (χ1) is 9.33. The summed E-state index contributed by atoms with van der Waals surface area (Å²) in [6.07, 6.45) is 2.81. The van der Waals surface area contributed by atoms with Crippen LogP contribution in [0.4, 0.5) is 0 Å². The van der Waals surface area contributed by atoms with Crippen LogP contribution in [0, 0.1) is 0 Å². The number of nitrogens with one attached hydrogen (secondary N) is 1. The van der Waals surface area contributed by atoms with Crippen LogP contribution >= 0.6 is 11.3 Å². The number of carbonyl (C=O) groups excluding carboxylic acids is 1. The van der Waals surface area contributed by atoms with Gasteiger partial charge >= 0.3 is 0 Å². The third-order valence-corrected chi connectivity index (χ3v) is 4.79. The molecule has 2 atom stereocenters. The van der Waals surface area contributed by atoms with Gasteiger partial charge in [0.1, 0.15) is 0 Å². The van der Waals surface area contributed by atoms with E-state index in [0.717, 1.165) is 39.1 Å². The average molecular weight is 280 g/mol. The van der Waals surface area contributed by atoms with Crippen molar-refractivity contribution < 1.29 is 9.53 Å². The van der Waals surface area contributed by atoms with Crippen molar-refractivity contribution in [2.24, 2.45) is 0 Å². The molecule has 2 aliphatic rings. The minimum atomic E-state index is 0.204. The normalized spacial score (nSPS) is 26.4. The Balaban J connectivity index is 1.43. The summed E-state index contributed by atoms with van der Waals surface area (Å²) in [7, 11) is 0. The minimum absolute atomic E-state index is 0.204. The number of rotatable bonds is 4. The Bertz CT molecular complexity index is 407. The predicted octanol–water partition coefficient (Wildman–Crippen LogP) is 1.27. The maximum Gasteiger partial charge on any atom is 0.222 e. The van der Waals surface area contributed by atoms with Crippen LogP contribution in [-0.2, 0) is 16.0 Å². The molecule has 1 aromatic heterocycles. The fourth-order valence-corrected chi connectivity index (χ4v) is 3.58. The fraction of sp³-hybridized carbons (Fsp3) is 0.643. The molecule has 1 aromatic rings. The van der Waals surface area contributed by atoms with Crippen molar-refractivity contribution in [2.45, 2.75) is 31.4 Å². The van der Waals surface area contributed by atoms with Gasteiger partial charge in [0.05, 0.1) is 18.8 Å². The highest BCUT2D eigenvalue weighted by atomic mass is 32.1. The monoisotopic (exact) mass is 280 g/mol. The Labute approximate surface area is 117 Å². The molecule has 4 nitrogen and oxygen atoms in total. The van der Waals surface area contributed by atoms with Gasteiger partial charge in [-0.25, -0.2) is 0 Å². The van der Waals surface area contributed by atoms with E-state index in [9.17, 15) is 4.79 Å². The molecular weight excluding hydrogens is 260 g/mol. The molecule has 0 radical (unpaired) electrons. The largest absolute Gasteiger partial charge is 0.373 e. The van der Waals surface area contributed by atoms with Gasteiger partial charge in [0.2, 0.25) is 5.91 Å². The Morgan fingerprint density at radius 3 is 3.26 bits per heavy atom. The zero-order valence-electron chi connectivity index (χ0n) is 11.0. The van der Waals surface area contributed by atoms with Crippen molar-refractivity contribution in [1.82, 2.24) is 10.2 Å². The summed E-state index contributed by atoms with van der Waals surface area (Å²) in [6.45, 7) is 3.24. The summed E-state index contributed by atoms with van der Waals surface area (Å²) in [5.41, 5.74) is 0. The highest BCUT2D eigenvalue weighted by molar-refractivity contribution is 7.09. The van der Waals surface area contributed by atoms with Crippen LogP contribution in [0.1, 0.15) is 17.7 Å². The first-order valence-corrected chi connectivity index (χ1v) is 7.86. The Hall–Kier alpha value is -0.910. The molecule has 2 saturated heterocycles. The number of hydrogen-bond acceptors (Lipinski definition) is 4. The van der Waals surface area contributed by atoms with Crippen molar-refractivity contribution in [2.75, 3.05) is 26.2 Å². The molecule has 0 aliphatic carbocycles. The number of ether oxygens (including phenoxy) is 1. The molecule has 0 aromatic carbocycles. The summed E-state index contributed by atoms with van der Waals surface area (Å²) in [5.74, 6) is 0.274. The fourth-order valence-electron chi connectivity index (χ4n) is 2.82. The van der Waals surface area contributed by atoms with Crippen LogP contribution < -0.4 is 5.32 Å². The molecule has 19 heavy (non-hydrogen) atoms. The maximum absolute atomic E-state index is 12.2. The van der Waals surface area contributed by atoms with E-state index < -0.39 is 0 Å². The van der Waals surface area contributed by atoms with Crippen LogP contribution in [0.15, 0.2) is 17.5 Å². The highest BCUT2D eigenvalue weighted by Crippen LogP contribution is 2.18. The first-order valence-electron chi connectivity index (χ1n) is 6.98. The number of carbonyl (C=O) groups is 1. The van der Waals surface area contributed by atoms with Gasteiger partial charge in [-0.3, -0.25) is 4.79 Å². The van der Waals surface area contributed by atoms with Gasteiger partial charge in [-0.05, 0) is 24.3 Å². The highest BCUT2D eigenvalue weighted by Gasteiger charge is 2.37. The van der Waals surface area contributed by atoms with Crippen LogP contribution in [-0.4, -0.2) is 49.2 Å². The number of likely N-dealkylation sites (tertiary alicyclic amines) is 1. The lowest BCUT2D eigenvalue weighted by molar-refractivity contribution is -0.130. The van der Waals surface area contributed by atoms with Crippen molar-refractivity contribution in [3.05, 3.63) is 22.4 Å². The predicted molar refractivity (Wildman–Crippen MR) is 75.4 cm³/mol. The molecule has 5 heteroatoms. The number of hydrogen-bond donors (Lipinski definition) is 1. The van der Waals surface area contributed by atoms with E-state index in [1.54, 1.807) is 11.3 Å². The molecule has 2 aliphatic heterocycles. The Morgan fingerprint density at radius 1 is 1.53 bits per heavy atom. The van der Waals surface area contributed by atoms with E-state index in [0.29, 0.717) is 12.5 Å². The Morgan fingerprint density at radius 2 is 2.47 bits per heavy atom. The third kappa shape index (κ3) is 3.16. The molecule has 1 N–H and O–H groups in total. The number of nitrogens with zero attached hydrogens (tertiary/aromatic N) is 1. The molecule has 3 rings (SSSR count). The lowest BCUT2D eigenvalue weighted by atomic mass is 10.2. The quantitative estimate of drug-likeness (QED) is 0.903. The summed E-state index contributed by atoms with van der Waals surface area (Å²) in [5, 5.41) is 5.52. The van der Waals surface area contributed by atoms with E-state index in [1.807, 2.05) is 4.90 Å². The number of fused-ring (bicyclic) bond motifs is 1. The van der Waals surface area contributed by atoms with Crippen LogP contribution in [0.2, 0.25) is 0 Å². The molecule has 2 fully saturated rings. The molecule has 3 heterocycles. The van der Waals surface area contributed by atoms with Gasteiger partial charge in [-0.2, -0.15) is 0 Å². The smallest absolute Gasteiger partial charge is 0.222 e. The van der Waals surface area contributed by atoms with E-state index in [2.05, 4.69) is 22.8 Å². The van der Waals surface area contributed by atoms with Crippen LogP contribution in [0.5, 0.6) is 0 Å². The van der Waals surface area contributed by atoms with Gasteiger partial charge in [0.25, 0.3) is 0 Å². The standard InChI is InChI=1S/C14H20N2O2S/c17-14(5-1-3-11-4-2-8-19-11)16-9-12-13(10-16)18-7-6-15-12/h2,4,8,12-13,15H,1,3,5-7,9-10H2. The molecule has 0 bridgehead atoms. The lowest BCUT2D eigenvalue weighted by Crippen LogP contribution is -2.47.